The first kappa shape index (κ1) is 8.76. The monoisotopic (exact) mass is 176 g/mol. The van der Waals surface area contributed by atoms with Crippen LogP contribution in [0.1, 0.15) is 6.92 Å². The van der Waals surface area contributed by atoms with Crippen molar-refractivity contribution in [3.05, 3.63) is 11.8 Å². The summed E-state index contributed by atoms with van der Waals surface area (Å²) in [4.78, 5) is 13.5. The molecule has 0 saturated heterocycles. The molecule has 1 aliphatic rings. The average Bonchev–Trinajstić information content (AvgIpc) is 1.82. The standard InChI is InChI=1S/C6H3F3N2O/c1-3-2-4(12)11-5(10-3)6(7,8)9/h1H3. The van der Waals surface area contributed by atoms with Crippen molar-refractivity contribution >= 4 is 11.7 Å². The molecule has 0 fully saturated rings. The molecular formula is C6H3F3N2O. The van der Waals surface area contributed by atoms with Crippen LogP contribution >= 0.6 is 0 Å². The van der Waals surface area contributed by atoms with Crippen LogP contribution in [-0.2, 0) is 4.79 Å². The Hall–Kier alpha value is -1.33. The second-order valence-corrected chi connectivity index (χ2v) is 2.06. The Kier molecular flexibility index (Phi) is 1.91. The summed E-state index contributed by atoms with van der Waals surface area (Å²) < 4.78 is 35.6. The van der Waals surface area contributed by atoms with E-state index in [0.29, 0.717) is 0 Å². The van der Waals surface area contributed by atoms with E-state index in [1.165, 1.54) is 6.92 Å². The number of nitrogens with zero attached hydrogens (tertiary/aromatic N) is 2. The maximum absolute atomic E-state index is 11.9. The van der Waals surface area contributed by atoms with E-state index in [0.717, 1.165) is 0 Å². The molecule has 1 rings (SSSR count). The Morgan fingerprint density at radius 3 is 2.42 bits per heavy atom. The Labute approximate surface area is 66.0 Å². The highest BCUT2D eigenvalue weighted by atomic mass is 19.4. The van der Waals surface area contributed by atoms with Gasteiger partial charge in [-0.3, -0.25) is 4.79 Å². The summed E-state index contributed by atoms with van der Waals surface area (Å²) in [5, 5.41) is 2.66. The number of aliphatic imine (C=N–C) groups is 1. The predicted molar refractivity (Wildman–Crippen MR) is 33.1 cm³/mol. The smallest absolute Gasteiger partial charge is 0.267 e. The van der Waals surface area contributed by atoms with Crippen LogP contribution < -0.4 is 5.32 Å². The number of carbonyl (C=O) groups is 1. The molecule has 0 aromatic rings. The first-order valence-corrected chi connectivity index (χ1v) is 2.92. The highest BCUT2D eigenvalue weighted by Gasteiger charge is 2.39. The molecule has 0 spiro atoms. The van der Waals surface area contributed by atoms with Gasteiger partial charge in [-0.1, -0.05) is 0 Å². The molecule has 1 amide bonds. The molecule has 3 nitrogen and oxygen atoms in total. The minimum atomic E-state index is -4.67. The van der Waals surface area contributed by atoms with Crippen molar-refractivity contribution in [2.24, 2.45) is 4.99 Å². The fraction of sp³-hybridized carbons (Fsp3) is 0.333. The highest BCUT2D eigenvalue weighted by molar-refractivity contribution is 6.05. The van der Waals surface area contributed by atoms with E-state index in [-0.39, 0.29) is 5.70 Å². The molecule has 1 heterocycles. The van der Waals surface area contributed by atoms with E-state index in [9.17, 15) is 18.0 Å². The number of alkyl halides is 3. The van der Waals surface area contributed by atoms with Crippen molar-refractivity contribution < 1.29 is 18.0 Å². The van der Waals surface area contributed by atoms with Crippen molar-refractivity contribution in [3.63, 3.8) is 0 Å². The molecule has 12 heavy (non-hydrogen) atoms. The number of allylic oxidation sites excluding steroid dienone is 1. The normalized spacial score (nSPS) is 18.2. The molecule has 0 unspecified atom stereocenters. The average molecular weight is 176 g/mol. The third-order valence-electron chi connectivity index (χ3n) is 1.02. The van der Waals surface area contributed by atoms with Crippen LogP contribution in [0.15, 0.2) is 10.7 Å². The van der Waals surface area contributed by atoms with Crippen LogP contribution in [-0.4, -0.2) is 17.9 Å². The minimum absolute atomic E-state index is 0.109. The van der Waals surface area contributed by atoms with Gasteiger partial charge in [-0.25, -0.2) is 4.99 Å². The second-order valence-electron chi connectivity index (χ2n) is 2.06. The Balaban J connectivity index is 2.95. The molecule has 0 aromatic carbocycles. The largest absolute Gasteiger partial charge is 0.451 e. The second kappa shape index (κ2) is 2.62. The molecule has 0 saturated carbocycles. The van der Waals surface area contributed by atoms with Gasteiger partial charge in [0.2, 0.25) is 5.84 Å². The van der Waals surface area contributed by atoms with Crippen molar-refractivity contribution in [1.29, 1.82) is 0 Å². The maximum atomic E-state index is 11.9. The molecule has 0 bridgehead atoms. The van der Waals surface area contributed by atoms with E-state index >= 15 is 0 Å². The van der Waals surface area contributed by atoms with Gasteiger partial charge in [0.25, 0.3) is 5.91 Å². The first-order valence-electron chi connectivity index (χ1n) is 2.92. The van der Waals surface area contributed by atoms with Crippen molar-refractivity contribution in [1.82, 2.24) is 5.32 Å². The molecule has 0 aliphatic carbocycles. The summed E-state index contributed by atoms with van der Waals surface area (Å²) >= 11 is 0. The predicted octanol–water partition coefficient (Wildman–Crippen LogP) is 0.799. The van der Waals surface area contributed by atoms with Gasteiger partial charge >= 0.3 is 6.18 Å². The summed E-state index contributed by atoms with van der Waals surface area (Å²) in [6.45, 7) is 1.25. The molecule has 64 valence electrons. The molecule has 0 atom stereocenters. The number of amidine groups is 1. The molecule has 1 aliphatic heterocycles. The molecule has 0 N–H and O–H groups in total. The van der Waals surface area contributed by atoms with Crippen LogP contribution in [0.5, 0.6) is 0 Å². The fourth-order valence-corrected chi connectivity index (χ4v) is 0.617. The lowest BCUT2D eigenvalue weighted by molar-refractivity contribution is -0.117. The van der Waals surface area contributed by atoms with E-state index < -0.39 is 17.9 Å². The zero-order valence-electron chi connectivity index (χ0n) is 5.94. The van der Waals surface area contributed by atoms with Crippen molar-refractivity contribution in [2.45, 2.75) is 13.1 Å². The number of hydrogen-bond donors (Lipinski definition) is 0. The summed E-state index contributed by atoms with van der Waals surface area (Å²) in [7, 11) is 0. The first-order chi connectivity index (χ1) is 5.39. The lowest BCUT2D eigenvalue weighted by Gasteiger charge is -2.10. The third kappa shape index (κ3) is 1.84. The highest BCUT2D eigenvalue weighted by Crippen LogP contribution is 2.19. The van der Waals surface area contributed by atoms with Crippen LogP contribution in [0.4, 0.5) is 13.2 Å². The van der Waals surface area contributed by atoms with Gasteiger partial charge < -0.3 is 0 Å². The maximum Gasteiger partial charge on any atom is 0.451 e. The van der Waals surface area contributed by atoms with Gasteiger partial charge in [-0.15, -0.1) is 0 Å². The minimum Gasteiger partial charge on any atom is -0.267 e. The van der Waals surface area contributed by atoms with E-state index in [4.69, 9.17) is 0 Å². The van der Waals surface area contributed by atoms with E-state index in [1.807, 2.05) is 6.08 Å². The molecule has 0 aromatic heterocycles. The van der Waals surface area contributed by atoms with Gasteiger partial charge in [-0.05, 0) is 6.92 Å². The van der Waals surface area contributed by atoms with Crippen molar-refractivity contribution in [3.8, 4) is 0 Å². The topological polar surface area (TPSA) is 43.5 Å². The van der Waals surface area contributed by atoms with E-state index in [1.54, 1.807) is 0 Å². The van der Waals surface area contributed by atoms with Crippen LogP contribution in [0.2, 0.25) is 0 Å². The lowest BCUT2D eigenvalue weighted by Crippen LogP contribution is -2.37. The quantitative estimate of drug-likeness (QED) is 0.538. The Bertz CT molecular complexity index is 277. The number of hydrogen-bond acceptors (Lipinski definition) is 2. The Morgan fingerprint density at radius 1 is 1.42 bits per heavy atom. The van der Waals surface area contributed by atoms with Gasteiger partial charge in [0, 0.05) is 0 Å². The third-order valence-corrected chi connectivity index (χ3v) is 1.02. The molecule has 6 heteroatoms. The van der Waals surface area contributed by atoms with E-state index in [2.05, 4.69) is 10.3 Å². The zero-order valence-corrected chi connectivity index (χ0v) is 5.94. The van der Waals surface area contributed by atoms with Gasteiger partial charge in [0.1, 0.15) is 0 Å². The van der Waals surface area contributed by atoms with Crippen LogP contribution in [0.25, 0.3) is 0 Å². The van der Waals surface area contributed by atoms with Gasteiger partial charge in [0.05, 0.1) is 11.8 Å². The number of halogens is 3. The summed E-state index contributed by atoms with van der Waals surface area (Å²) in [6.07, 6.45) is -2.66. The van der Waals surface area contributed by atoms with Gasteiger partial charge in [-0.2, -0.15) is 18.5 Å². The molecular weight excluding hydrogens is 173 g/mol. The summed E-state index contributed by atoms with van der Waals surface area (Å²) in [5.74, 6) is -2.46. The molecule has 2 radical (unpaired) electrons. The lowest BCUT2D eigenvalue weighted by atomic mass is 10.3. The summed E-state index contributed by atoms with van der Waals surface area (Å²) in [5.41, 5.74) is -0.109. The van der Waals surface area contributed by atoms with Crippen LogP contribution in [0.3, 0.4) is 0 Å². The fourth-order valence-electron chi connectivity index (χ4n) is 0.617. The van der Waals surface area contributed by atoms with Crippen molar-refractivity contribution in [2.75, 3.05) is 0 Å². The number of carbonyl (C=O) groups excluding carboxylic acids is 1. The van der Waals surface area contributed by atoms with Crippen LogP contribution in [0, 0.1) is 6.08 Å². The number of rotatable bonds is 0. The Morgan fingerprint density at radius 2 is 2.00 bits per heavy atom. The number of amides is 1. The summed E-state index contributed by atoms with van der Waals surface area (Å²) in [6, 6.07) is 0. The zero-order chi connectivity index (χ0) is 9.35. The SMILES string of the molecule is CC1=[C]C(=O)[N]C(C(F)(F)F)=N1. The van der Waals surface area contributed by atoms with Gasteiger partial charge in [0.15, 0.2) is 0 Å².